The van der Waals surface area contributed by atoms with Crippen LogP contribution in [0.4, 0.5) is 0 Å². The summed E-state index contributed by atoms with van der Waals surface area (Å²) in [6.45, 7) is 0.726. The van der Waals surface area contributed by atoms with Crippen LogP contribution in [0.2, 0.25) is 0 Å². The molecule has 1 aliphatic heterocycles. The van der Waals surface area contributed by atoms with E-state index in [4.69, 9.17) is 5.11 Å². The fraction of sp³-hybridized carbons (Fsp3) is 0.533. The molecular formula is C15H18N2O3S. The number of aromatic nitrogens is 1. The highest BCUT2D eigenvalue weighted by Gasteiger charge is 2.36. The Hall–Kier alpha value is -1.56. The fourth-order valence-electron chi connectivity index (χ4n) is 3.17. The number of hydrogen-bond donors (Lipinski definition) is 1. The first-order chi connectivity index (χ1) is 10.2. The number of rotatable bonds is 2. The minimum atomic E-state index is -1.10. The number of carbonyl (C=O) groups excluding carboxylic acids is 1. The van der Waals surface area contributed by atoms with Crippen molar-refractivity contribution in [2.75, 3.05) is 12.3 Å². The van der Waals surface area contributed by atoms with E-state index in [9.17, 15) is 9.59 Å². The number of carboxylic acids is 1. The van der Waals surface area contributed by atoms with E-state index in [1.165, 1.54) is 18.9 Å². The van der Waals surface area contributed by atoms with Gasteiger partial charge < -0.3 is 10.0 Å². The van der Waals surface area contributed by atoms with Gasteiger partial charge in [0, 0.05) is 23.6 Å². The summed E-state index contributed by atoms with van der Waals surface area (Å²) in [4.78, 5) is 29.6. The number of nitrogens with zero attached hydrogens (tertiary/aromatic N) is 2. The number of hydrogen-bond acceptors (Lipinski definition) is 4. The number of carboxylic acid groups (broad SMARTS) is 1. The molecule has 1 saturated heterocycles. The molecule has 3 rings (SSSR count). The third-order valence-electron chi connectivity index (χ3n) is 4.18. The largest absolute Gasteiger partial charge is 0.477 e. The van der Waals surface area contributed by atoms with E-state index < -0.39 is 5.97 Å². The molecule has 1 amide bonds. The minimum Gasteiger partial charge on any atom is -0.477 e. The first kappa shape index (κ1) is 14.4. The highest BCUT2D eigenvalue weighted by molar-refractivity contribution is 8.00. The molecule has 2 aliphatic rings. The summed E-state index contributed by atoms with van der Waals surface area (Å²) in [5, 5.41) is 9.53. The lowest BCUT2D eigenvalue weighted by atomic mass is 9.93. The van der Waals surface area contributed by atoms with Crippen LogP contribution >= 0.6 is 11.8 Å². The fourth-order valence-corrected chi connectivity index (χ4v) is 4.61. The molecule has 5 nitrogen and oxygen atoms in total. The number of thioether (sulfide) groups is 1. The molecule has 1 saturated carbocycles. The molecule has 2 atom stereocenters. The van der Waals surface area contributed by atoms with Crippen LogP contribution in [-0.2, 0) is 0 Å². The van der Waals surface area contributed by atoms with Gasteiger partial charge in [-0.2, -0.15) is 11.8 Å². The predicted octanol–water partition coefficient (Wildman–Crippen LogP) is 2.28. The molecule has 1 N–H and O–H groups in total. The van der Waals surface area contributed by atoms with E-state index in [1.807, 2.05) is 16.7 Å². The normalized spacial score (nSPS) is 25.2. The van der Waals surface area contributed by atoms with E-state index in [1.54, 1.807) is 12.1 Å². The van der Waals surface area contributed by atoms with Crippen molar-refractivity contribution >= 4 is 23.6 Å². The predicted molar refractivity (Wildman–Crippen MR) is 80.7 cm³/mol. The Morgan fingerprint density at radius 1 is 1.24 bits per heavy atom. The Morgan fingerprint density at radius 3 is 2.81 bits per heavy atom. The second-order valence-corrected chi connectivity index (χ2v) is 6.82. The Bertz CT molecular complexity index is 562. The lowest BCUT2D eigenvalue weighted by molar-refractivity contribution is 0.0639. The van der Waals surface area contributed by atoms with Crippen LogP contribution in [0.3, 0.4) is 0 Å². The zero-order valence-corrected chi connectivity index (χ0v) is 12.5. The number of amides is 1. The van der Waals surface area contributed by atoms with E-state index in [-0.39, 0.29) is 23.3 Å². The van der Waals surface area contributed by atoms with Crippen molar-refractivity contribution in [3.05, 3.63) is 29.6 Å². The molecule has 2 fully saturated rings. The SMILES string of the molecule is O=C(O)c1cccc(C(=O)N2CCSC3CCCCC32)n1. The quantitative estimate of drug-likeness (QED) is 0.907. The lowest BCUT2D eigenvalue weighted by Gasteiger charge is -2.43. The van der Waals surface area contributed by atoms with Gasteiger partial charge in [0.05, 0.1) is 0 Å². The van der Waals surface area contributed by atoms with Gasteiger partial charge >= 0.3 is 5.97 Å². The number of carbonyl (C=O) groups is 2. The van der Waals surface area contributed by atoms with Crippen LogP contribution in [0.25, 0.3) is 0 Å². The topological polar surface area (TPSA) is 70.5 Å². The summed E-state index contributed by atoms with van der Waals surface area (Å²) < 4.78 is 0. The summed E-state index contributed by atoms with van der Waals surface area (Å²) >= 11 is 1.96. The molecule has 2 heterocycles. The van der Waals surface area contributed by atoms with Crippen molar-refractivity contribution in [1.82, 2.24) is 9.88 Å². The molecule has 1 aromatic heterocycles. The number of aromatic carboxylic acids is 1. The molecule has 2 unspecified atom stereocenters. The zero-order valence-electron chi connectivity index (χ0n) is 11.7. The van der Waals surface area contributed by atoms with Gasteiger partial charge in [-0.05, 0) is 25.0 Å². The van der Waals surface area contributed by atoms with Crippen LogP contribution in [0.1, 0.15) is 46.7 Å². The summed E-state index contributed by atoms with van der Waals surface area (Å²) in [6.07, 6.45) is 4.61. The third kappa shape index (κ3) is 2.90. The summed E-state index contributed by atoms with van der Waals surface area (Å²) in [6, 6.07) is 4.88. The van der Waals surface area contributed by atoms with Gasteiger partial charge in [-0.25, -0.2) is 9.78 Å². The van der Waals surface area contributed by atoms with Gasteiger partial charge in [-0.3, -0.25) is 4.79 Å². The van der Waals surface area contributed by atoms with Crippen LogP contribution in [0, 0.1) is 0 Å². The molecule has 6 heteroatoms. The van der Waals surface area contributed by atoms with Gasteiger partial charge in [0.2, 0.25) is 0 Å². The first-order valence-corrected chi connectivity index (χ1v) is 8.34. The van der Waals surface area contributed by atoms with Gasteiger partial charge in [-0.15, -0.1) is 0 Å². The van der Waals surface area contributed by atoms with Crippen molar-refractivity contribution in [2.45, 2.75) is 37.0 Å². The smallest absolute Gasteiger partial charge is 0.354 e. The van der Waals surface area contributed by atoms with E-state index in [0.717, 1.165) is 25.1 Å². The van der Waals surface area contributed by atoms with Crippen LogP contribution in [0.5, 0.6) is 0 Å². The van der Waals surface area contributed by atoms with Crippen molar-refractivity contribution in [3.8, 4) is 0 Å². The summed E-state index contributed by atoms with van der Waals surface area (Å²) in [5.41, 5.74) is 0.165. The molecule has 0 spiro atoms. The highest BCUT2D eigenvalue weighted by atomic mass is 32.2. The Kier molecular flexibility index (Phi) is 4.14. The number of pyridine rings is 1. The van der Waals surface area contributed by atoms with Crippen LogP contribution < -0.4 is 0 Å². The molecule has 0 bridgehead atoms. The molecule has 1 aliphatic carbocycles. The Labute approximate surface area is 127 Å². The van der Waals surface area contributed by atoms with Crippen molar-refractivity contribution < 1.29 is 14.7 Å². The maximum atomic E-state index is 12.7. The molecular weight excluding hydrogens is 288 g/mol. The van der Waals surface area contributed by atoms with Crippen LogP contribution in [-0.4, -0.2) is 50.5 Å². The first-order valence-electron chi connectivity index (χ1n) is 7.30. The van der Waals surface area contributed by atoms with Crippen molar-refractivity contribution in [2.24, 2.45) is 0 Å². The van der Waals surface area contributed by atoms with Crippen LogP contribution in [0.15, 0.2) is 18.2 Å². The monoisotopic (exact) mass is 306 g/mol. The second-order valence-electron chi connectivity index (χ2n) is 5.47. The van der Waals surface area contributed by atoms with Crippen molar-refractivity contribution in [3.63, 3.8) is 0 Å². The van der Waals surface area contributed by atoms with Gasteiger partial charge in [0.25, 0.3) is 5.91 Å². The third-order valence-corrected chi connectivity index (χ3v) is 5.58. The second kappa shape index (κ2) is 6.05. The average molecular weight is 306 g/mol. The maximum absolute atomic E-state index is 12.7. The van der Waals surface area contributed by atoms with E-state index >= 15 is 0 Å². The Morgan fingerprint density at radius 2 is 2.00 bits per heavy atom. The summed E-state index contributed by atoms with van der Waals surface area (Å²) in [5.74, 6) is -0.282. The van der Waals surface area contributed by atoms with E-state index in [0.29, 0.717) is 5.25 Å². The summed E-state index contributed by atoms with van der Waals surface area (Å²) in [7, 11) is 0. The molecule has 21 heavy (non-hydrogen) atoms. The standard InChI is InChI=1S/C15H18N2O3S/c18-14(10-4-3-5-11(16-10)15(19)20)17-8-9-21-13-7-2-1-6-12(13)17/h3-5,12-13H,1-2,6-9H2,(H,19,20). The average Bonchev–Trinajstić information content (AvgIpc) is 2.53. The van der Waals surface area contributed by atoms with Gasteiger partial charge in [-0.1, -0.05) is 18.9 Å². The molecule has 0 aromatic carbocycles. The Balaban J connectivity index is 1.83. The van der Waals surface area contributed by atoms with E-state index in [2.05, 4.69) is 4.98 Å². The lowest BCUT2D eigenvalue weighted by Crippen LogP contribution is -2.51. The van der Waals surface area contributed by atoms with Gasteiger partial charge in [0.1, 0.15) is 11.4 Å². The highest BCUT2D eigenvalue weighted by Crippen LogP contribution is 2.36. The maximum Gasteiger partial charge on any atom is 0.354 e. The minimum absolute atomic E-state index is 0.0765. The van der Waals surface area contributed by atoms with Crippen molar-refractivity contribution in [1.29, 1.82) is 0 Å². The number of fused-ring (bicyclic) bond motifs is 1. The molecule has 1 aromatic rings. The molecule has 0 radical (unpaired) electrons. The zero-order chi connectivity index (χ0) is 14.8. The van der Waals surface area contributed by atoms with Gasteiger partial charge in [0.15, 0.2) is 0 Å². The molecule has 112 valence electrons.